The molecule has 0 aliphatic heterocycles. The van der Waals surface area contributed by atoms with Gasteiger partial charge in [-0.3, -0.25) is 14.3 Å². The molecule has 3 rings (SSSR count). The van der Waals surface area contributed by atoms with Crippen LogP contribution in [0, 0.1) is 0 Å². The molecule has 8 nitrogen and oxygen atoms in total. The van der Waals surface area contributed by atoms with Gasteiger partial charge >= 0.3 is 0 Å². The van der Waals surface area contributed by atoms with E-state index in [1.165, 1.54) is 5.56 Å². The summed E-state index contributed by atoms with van der Waals surface area (Å²) < 4.78 is 56.3. The molecule has 0 fully saturated rings. The fourth-order valence-electron chi connectivity index (χ4n) is 3.48. The summed E-state index contributed by atoms with van der Waals surface area (Å²) in [6.07, 6.45) is 3.04. The third-order valence-corrected chi connectivity index (χ3v) is 6.27. The van der Waals surface area contributed by atoms with Crippen molar-refractivity contribution in [2.75, 3.05) is 41.7 Å². The molecule has 3 aromatic carbocycles. The Bertz CT molecular complexity index is 1280. The number of hydrogen-bond acceptors (Lipinski definition) is 6. The molecular weight excluding hydrogens is 486 g/mol. The van der Waals surface area contributed by atoms with Crippen molar-refractivity contribution >= 4 is 31.4 Å². The van der Waals surface area contributed by atoms with Crippen molar-refractivity contribution in [1.29, 1.82) is 0 Å². The summed E-state index contributed by atoms with van der Waals surface area (Å²) >= 11 is 0. The first-order chi connectivity index (χ1) is 16.6. The van der Waals surface area contributed by atoms with Gasteiger partial charge in [0, 0.05) is 31.0 Å². The van der Waals surface area contributed by atoms with Crippen LogP contribution in [0.25, 0.3) is 0 Å². The van der Waals surface area contributed by atoms with Crippen LogP contribution in [0.5, 0.6) is 5.75 Å². The van der Waals surface area contributed by atoms with Crippen molar-refractivity contribution in [1.82, 2.24) is 4.90 Å². The molecule has 0 saturated heterocycles. The molecule has 10 heteroatoms. The first-order valence-corrected chi connectivity index (χ1v) is 14.9. The summed E-state index contributed by atoms with van der Waals surface area (Å²) in [7, 11) is -6.61. The molecule has 0 aliphatic carbocycles. The maximum Gasteiger partial charge on any atom is 0.229 e. The maximum absolute atomic E-state index is 11.4. The van der Waals surface area contributed by atoms with Gasteiger partial charge < -0.3 is 4.74 Å². The highest BCUT2D eigenvalue weighted by atomic mass is 32.2. The van der Waals surface area contributed by atoms with Crippen molar-refractivity contribution < 1.29 is 21.6 Å². The van der Waals surface area contributed by atoms with Crippen LogP contribution >= 0.6 is 0 Å². The predicted molar refractivity (Wildman–Crippen MR) is 141 cm³/mol. The summed E-state index contributed by atoms with van der Waals surface area (Å²) in [6.45, 7) is 2.75. The van der Waals surface area contributed by atoms with E-state index in [9.17, 15) is 16.8 Å². The smallest absolute Gasteiger partial charge is 0.229 e. The number of nitrogens with zero attached hydrogens (tertiary/aromatic N) is 1. The number of ether oxygens (including phenoxy) is 1. The molecule has 0 aliphatic rings. The average Bonchev–Trinajstić information content (AvgIpc) is 2.78. The standard InChI is InChI=1S/C25H31N3O5S2/c1-34(29,30)26-23-10-8-21(9-11-23)16-17-28(20-22-6-4-3-5-7-22)18-19-33-25-14-12-24(13-15-25)27-35(2,31)32/h3-15,26-27H,16-20H2,1-2H3. The summed E-state index contributed by atoms with van der Waals surface area (Å²) in [5, 5.41) is 0. The van der Waals surface area contributed by atoms with Gasteiger partial charge in [0.25, 0.3) is 0 Å². The quantitative estimate of drug-likeness (QED) is 0.359. The van der Waals surface area contributed by atoms with Gasteiger partial charge in [-0.15, -0.1) is 0 Å². The van der Waals surface area contributed by atoms with Crippen LogP contribution in [-0.2, 0) is 33.0 Å². The Morgan fingerprint density at radius 1 is 0.686 bits per heavy atom. The van der Waals surface area contributed by atoms with Crippen LogP contribution in [-0.4, -0.2) is 53.9 Å². The van der Waals surface area contributed by atoms with E-state index in [1.54, 1.807) is 36.4 Å². The number of benzene rings is 3. The van der Waals surface area contributed by atoms with Gasteiger partial charge in [0.2, 0.25) is 20.0 Å². The lowest BCUT2D eigenvalue weighted by molar-refractivity contribution is 0.204. The predicted octanol–water partition coefficient (Wildman–Crippen LogP) is 3.55. The summed E-state index contributed by atoms with van der Waals surface area (Å²) in [5.41, 5.74) is 3.35. The summed E-state index contributed by atoms with van der Waals surface area (Å²) in [5.74, 6) is 0.665. The van der Waals surface area contributed by atoms with Gasteiger partial charge in [-0.2, -0.15) is 0 Å². The second kappa shape index (κ2) is 12.1. The third-order valence-electron chi connectivity index (χ3n) is 5.06. The number of hydrogen-bond donors (Lipinski definition) is 2. The normalized spacial score (nSPS) is 11.9. The van der Waals surface area contributed by atoms with Crippen LogP contribution in [0.3, 0.4) is 0 Å². The lowest BCUT2D eigenvalue weighted by Crippen LogP contribution is -2.30. The van der Waals surface area contributed by atoms with Gasteiger partial charge in [-0.25, -0.2) is 16.8 Å². The Balaban J connectivity index is 1.56. The first kappa shape index (κ1) is 26.5. The summed E-state index contributed by atoms with van der Waals surface area (Å²) in [4.78, 5) is 2.30. The van der Waals surface area contributed by atoms with Crippen molar-refractivity contribution in [2.45, 2.75) is 13.0 Å². The minimum atomic E-state index is -3.32. The fraction of sp³-hybridized carbons (Fsp3) is 0.280. The van der Waals surface area contributed by atoms with Gasteiger partial charge in [-0.05, 0) is 53.9 Å². The second-order valence-corrected chi connectivity index (χ2v) is 11.8. The highest BCUT2D eigenvalue weighted by Gasteiger charge is 2.09. The Hall–Kier alpha value is -3.08. The zero-order valence-corrected chi connectivity index (χ0v) is 21.5. The highest BCUT2D eigenvalue weighted by molar-refractivity contribution is 7.92. The lowest BCUT2D eigenvalue weighted by atomic mass is 10.1. The topological polar surface area (TPSA) is 105 Å². The van der Waals surface area contributed by atoms with Crippen molar-refractivity contribution in [3.05, 3.63) is 90.0 Å². The lowest BCUT2D eigenvalue weighted by Gasteiger charge is -2.23. The van der Waals surface area contributed by atoms with E-state index in [1.807, 2.05) is 30.3 Å². The minimum Gasteiger partial charge on any atom is -0.492 e. The van der Waals surface area contributed by atoms with Crippen LogP contribution in [0.1, 0.15) is 11.1 Å². The van der Waals surface area contributed by atoms with Crippen LogP contribution in [0.4, 0.5) is 11.4 Å². The van der Waals surface area contributed by atoms with Gasteiger partial charge in [0.15, 0.2) is 0 Å². The molecule has 3 aromatic rings. The molecule has 0 amide bonds. The van der Waals surface area contributed by atoms with Gasteiger partial charge in [0.05, 0.1) is 12.5 Å². The molecule has 0 unspecified atom stereocenters. The van der Waals surface area contributed by atoms with Crippen molar-refractivity contribution in [3.63, 3.8) is 0 Å². The first-order valence-electron chi connectivity index (χ1n) is 11.1. The Morgan fingerprint density at radius 2 is 1.23 bits per heavy atom. The zero-order chi connectivity index (χ0) is 25.3. The second-order valence-electron chi connectivity index (χ2n) is 8.33. The molecular formula is C25H31N3O5S2. The molecule has 0 saturated carbocycles. The van der Waals surface area contributed by atoms with E-state index in [-0.39, 0.29) is 0 Å². The molecule has 0 spiro atoms. The van der Waals surface area contributed by atoms with Gasteiger partial charge in [-0.1, -0.05) is 42.5 Å². The molecule has 0 bridgehead atoms. The van der Waals surface area contributed by atoms with Crippen LogP contribution in [0.15, 0.2) is 78.9 Å². The number of nitrogens with one attached hydrogen (secondary N) is 2. The summed E-state index contributed by atoms with van der Waals surface area (Å²) in [6, 6.07) is 24.4. The van der Waals surface area contributed by atoms with Crippen molar-refractivity contribution in [2.24, 2.45) is 0 Å². The molecule has 0 radical (unpaired) electrons. The van der Waals surface area contributed by atoms with E-state index in [0.29, 0.717) is 30.3 Å². The maximum atomic E-state index is 11.4. The number of rotatable bonds is 13. The molecule has 2 N–H and O–H groups in total. The Labute approximate surface area is 208 Å². The van der Waals surface area contributed by atoms with E-state index < -0.39 is 20.0 Å². The van der Waals surface area contributed by atoms with E-state index in [2.05, 4.69) is 26.5 Å². The Morgan fingerprint density at radius 3 is 1.77 bits per heavy atom. The van der Waals surface area contributed by atoms with Crippen LogP contribution < -0.4 is 14.2 Å². The van der Waals surface area contributed by atoms with E-state index in [4.69, 9.17) is 4.74 Å². The molecule has 35 heavy (non-hydrogen) atoms. The monoisotopic (exact) mass is 517 g/mol. The molecule has 0 heterocycles. The average molecular weight is 518 g/mol. The third kappa shape index (κ3) is 10.4. The number of anilines is 2. The van der Waals surface area contributed by atoms with Gasteiger partial charge in [0.1, 0.15) is 12.4 Å². The molecule has 188 valence electrons. The largest absolute Gasteiger partial charge is 0.492 e. The Kier molecular flexibility index (Phi) is 9.13. The molecule has 0 atom stereocenters. The fourth-order valence-corrected chi connectivity index (χ4v) is 4.61. The highest BCUT2D eigenvalue weighted by Crippen LogP contribution is 2.17. The van der Waals surface area contributed by atoms with Crippen molar-refractivity contribution in [3.8, 4) is 5.75 Å². The number of sulfonamides is 2. The van der Waals surface area contributed by atoms with Crippen LogP contribution in [0.2, 0.25) is 0 Å². The van der Waals surface area contributed by atoms with E-state index >= 15 is 0 Å². The SMILES string of the molecule is CS(=O)(=O)Nc1ccc(CCN(CCOc2ccc(NS(C)(=O)=O)cc2)Cc2ccccc2)cc1. The zero-order valence-electron chi connectivity index (χ0n) is 19.8. The molecule has 0 aromatic heterocycles. The van der Waals surface area contributed by atoms with E-state index in [0.717, 1.165) is 37.6 Å². The minimum absolute atomic E-state index is 0.475.